The van der Waals surface area contributed by atoms with Gasteiger partial charge in [-0.2, -0.15) is 13.2 Å². The minimum absolute atomic E-state index is 0.0563. The summed E-state index contributed by atoms with van der Waals surface area (Å²) >= 11 is 2.97. The molecule has 1 N–H and O–H groups in total. The lowest BCUT2D eigenvalue weighted by Crippen LogP contribution is -2.08. The van der Waals surface area contributed by atoms with Crippen LogP contribution in [-0.4, -0.2) is 23.3 Å². The van der Waals surface area contributed by atoms with Gasteiger partial charge in [0.05, 0.1) is 18.2 Å². The predicted molar refractivity (Wildman–Crippen MR) is 68.2 cm³/mol. The normalized spacial score (nSPS) is 11.5. The second kappa shape index (κ2) is 5.40. The van der Waals surface area contributed by atoms with E-state index in [-0.39, 0.29) is 15.8 Å². The van der Waals surface area contributed by atoms with Crippen molar-refractivity contribution >= 4 is 21.9 Å². The SMILES string of the molecule is COc1c(-c2cc(C(=O)O)no2)cc(Br)cc1C(F)(F)F. The first-order chi connectivity index (χ1) is 9.74. The number of nitrogens with zero attached hydrogens (tertiary/aromatic N) is 1. The molecule has 0 atom stereocenters. The zero-order valence-corrected chi connectivity index (χ0v) is 11.9. The van der Waals surface area contributed by atoms with Crippen molar-refractivity contribution in [3.05, 3.63) is 33.9 Å². The number of methoxy groups -OCH3 is 1. The molecule has 0 saturated heterocycles. The maximum Gasteiger partial charge on any atom is 0.420 e. The number of ether oxygens (including phenoxy) is 1. The van der Waals surface area contributed by atoms with Crippen LogP contribution in [0.5, 0.6) is 5.75 Å². The first-order valence-electron chi connectivity index (χ1n) is 5.39. The van der Waals surface area contributed by atoms with Gasteiger partial charge in [0.25, 0.3) is 0 Å². The number of carboxylic acids is 1. The third-order valence-electron chi connectivity index (χ3n) is 2.56. The third-order valence-corrected chi connectivity index (χ3v) is 3.02. The van der Waals surface area contributed by atoms with E-state index in [2.05, 4.69) is 21.1 Å². The smallest absolute Gasteiger partial charge is 0.420 e. The lowest BCUT2D eigenvalue weighted by molar-refractivity contribution is -0.138. The van der Waals surface area contributed by atoms with Crippen molar-refractivity contribution in [3.63, 3.8) is 0 Å². The van der Waals surface area contributed by atoms with E-state index in [1.807, 2.05) is 0 Å². The lowest BCUT2D eigenvalue weighted by Gasteiger charge is -2.15. The van der Waals surface area contributed by atoms with Gasteiger partial charge in [0, 0.05) is 10.5 Å². The summed E-state index contributed by atoms with van der Waals surface area (Å²) < 4.78 is 48.7. The number of aromatic nitrogens is 1. The van der Waals surface area contributed by atoms with Crippen LogP contribution >= 0.6 is 15.9 Å². The Morgan fingerprint density at radius 1 is 1.38 bits per heavy atom. The van der Waals surface area contributed by atoms with E-state index in [9.17, 15) is 18.0 Å². The molecule has 0 bridgehead atoms. The van der Waals surface area contributed by atoms with Gasteiger partial charge in [-0.25, -0.2) is 4.79 Å². The van der Waals surface area contributed by atoms with Crippen molar-refractivity contribution in [2.24, 2.45) is 0 Å². The van der Waals surface area contributed by atoms with Crippen molar-refractivity contribution in [1.82, 2.24) is 5.16 Å². The number of carboxylic acid groups (broad SMARTS) is 1. The maximum atomic E-state index is 13.0. The molecule has 0 amide bonds. The monoisotopic (exact) mass is 365 g/mol. The first kappa shape index (κ1) is 15.4. The Hall–Kier alpha value is -2.03. The van der Waals surface area contributed by atoms with Crippen LogP contribution in [0, 0.1) is 0 Å². The number of benzene rings is 1. The van der Waals surface area contributed by atoms with Gasteiger partial charge in [-0.05, 0) is 12.1 Å². The molecule has 1 heterocycles. The van der Waals surface area contributed by atoms with Gasteiger partial charge in [0.15, 0.2) is 11.5 Å². The van der Waals surface area contributed by atoms with Gasteiger partial charge < -0.3 is 14.4 Å². The van der Waals surface area contributed by atoms with Crippen LogP contribution in [0.2, 0.25) is 0 Å². The van der Waals surface area contributed by atoms with Gasteiger partial charge in [-0.15, -0.1) is 0 Å². The molecule has 0 saturated carbocycles. The summed E-state index contributed by atoms with van der Waals surface area (Å²) in [5, 5.41) is 12.0. The molecule has 1 aromatic heterocycles. The van der Waals surface area contributed by atoms with Crippen molar-refractivity contribution in [2.45, 2.75) is 6.18 Å². The molecule has 0 aliphatic carbocycles. The van der Waals surface area contributed by atoms with E-state index >= 15 is 0 Å². The summed E-state index contributed by atoms with van der Waals surface area (Å²) in [6, 6.07) is 3.20. The molecule has 112 valence electrons. The van der Waals surface area contributed by atoms with E-state index in [1.165, 1.54) is 6.07 Å². The summed E-state index contributed by atoms with van der Waals surface area (Å²) in [7, 11) is 1.08. The maximum absolute atomic E-state index is 13.0. The fourth-order valence-corrected chi connectivity index (χ4v) is 2.17. The highest BCUT2D eigenvalue weighted by molar-refractivity contribution is 9.10. The van der Waals surface area contributed by atoms with Gasteiger partial charge >= 0.3 is 12.1 Å². The van der Waals surface area contributed by atoms with Crippen LogP contribution in [-0.2, 0) is 6.18 Å². The van der Waals surface area contributed by atoms with E-state index < -0.39 is 29.2 Å². The number of halogens is 4. The fraction of sp³-hybridized carbons (Fsp3) is 0.167. The summed E-state index contributed by atoms with van der Waals surface area (Å²) in [6.45, 7) is 0. The molecule has 0 unspecified atom stereocenters. The van der Waals surface area contributed by atoms with E-state index in [4.69, 9.17) is 14.4 Å². The largest absolute Gasteiger partial charge is 0.495 e. The molecule has 0 radical (unpaired) electrons. The van der Waals surface area contributed by atoms with Crippen LogP contribution in [0.15, 0.2) is 27.2 Å². The summed E-state index contributed by atoms with van der Waals surface area (Å²) in [4.78, 5) is 10.8. The average Bonchev–Trinajstić information content (AvgIpc) is 2.86. The minimum Gasteiger partial charge on any atom is -0.495 e. The number of aromatic carboxylic acids is 1. The van der Waals surface area contributed by atoms with Crippen molar-refractivity contribution in [3.8, 4) is 17.1 Å². The number of alkyl halides is 3. The van der Waals surface area contributed by atoms with Crippen LogP contribution in [0.25, 0.3) is 11.3 Å². The molecule has 21 heavy (non-hydrogen) atoms. The molecule has 2 aromatic rings. The number of hydrogen-bond acceptors (Lipinski definition) is 4. The van der Waals surface area contributed by atoms with Gasteiger partial charge in [-0.3, -0.25) is 0 Å². The highest BCUT2D eigenvalue weighted by Crippen LogP contribution is 2.43. The van der Waals surface area contributed by atoms with Gasteiger partial charge in [-0.1, -0.05) is 21.1 Å². The van der Waals surface area contributed by atoms with Crippen LogP contribution < -0.4 is 4.74 Å². The lowest BCUT2D eigenvalue weighted by atomic mass is 10.1. The number of rotatable bonds is 3. The molecule has 5 nitrogen and oxygen atoms in total. The number of carbonyl (C=O) groups is 1. The number of hydrogen-bond donors (Lipinski definition) is 1. The zero-order valence-electron chi connectivity index (χ0n) is 10.4. The van der Waals surface area contributed by atoms with Gasteiger partial charge in [0.1, 0.15) is 5.75 Å². The van der Waals surface area contributed by atoms with E-state index in [0.717, 1.165) is 19.2 Å². The molecule has 0 aliphatic rings. The standard InChI is InChI=1S/C12H7BrF3NO4/c1-20-10-6(9-4-8(11(18)19)17-21-9)2-5(13)3-7(10)12(14,15)16/h2-4H,1H3,(H,18,19). The van der Waals surface area contributed by atoms with Crippen molar-refractivity contribution in [1.29, 1.82) is 0 Å². The van der Waals surface area contributed by atoms with Crippen LogP contribution in [0.3, 0.4) is 0 Å². The highest BCUT2D eigenvalue weighted by atomic mass is 79.9. The molecular weight excluding hydrogens is 359 g/mol. The second-order valence-electron chi connectivity index (χ2n) is 3.91. The van der Waals surface area contributed by atoms with Crippen LogP contribution in [0.4, 0.5) is 13.2 Å². The molecule has 2 rings (SSSR count). The van der Waals surface area contributed by atoms with Crippen molar-refractivity contribution < 1.29 is 32.3 Å². The Kier molecular flexibility index (Phi) is 3.95. The Labute approximate surface area is 124 Å². The first-order valence-corrected chi connectivity index (χ1v) is 6.18. The molecule has 9 heteroatoms. The average molecular weight is 366 g/mol. The van der Waals surface area contributed by atoms with Crippen molar-refractivity contribution in [2.75, 3.05) is 7.11 Å². The van der Waals surface area contributed by atoms with Crippen LogP contribution in [0.1, 0.15) is 16.1 Å². The fourth-order valence-electron chi connectivity index (χ4n) is 1.71. The minimum atomic E-state index is -4.64. The zero-order chi connectivity index (χ0) is 15.8. The molecule has 1 aromatic carbocycles. The third kappa shape index (κ3) is 3.02. The molecule has 0 fully saturated rings. The van der Waals surface area contributed by atoms with E-state index in [1.54, 1.807) is 0 Å². The molecule has 0 aliphatic heterocycles. The quantitative estimate of drug-likeness (QED) is 0.894. The Morgan fingerprint density at radius 3 is 2.52 bits per heavy atom. The molecule has 0 spiro atoms. The van der Waals surface area contributed by atoms with Gasteiger partial charge in [0.2, 0.25) is 0 Å². The second-order valence-corrected chi connectivity index (χ2v) is 4.83. The Bertz CT molecular complexity index is 696. The Balaban J connectivity index is 2.67. The molecular formula is C12H7BrF3NO4. The summed E-state index contributed by atoms with van der Waals surface area (Å²) in [6.07, 6.45) is -4.64. The topological polar surface area (TPSA) is 72.6 Å². The highest BCUT2D eigenvalue weighted by Gasteiger charge is 2.36. The predicted octanol–water partition coefficient (Wildman–Crippen LogP) is 3.83. The summed E-state index contributed by atoms with van der Waals surface area (Å²) in [5.74, 6) is -1.97. The Morgan fingerprint density at radius 2 is 2.05 bits per heavy atom. The van der Waals surface area contributed by atoms with E-state index in [0.29, 0.717) is 0 Å². The summed E-state index contributed by atoms with van der Waals surface area (Å²) in [5.41, 5.74) is -1.48.